The molecular formula is C7H12O2. The summed E-state index contributed by atoms with van der Waals surface area (Å²) in [5, 5.41) is 0. The third-order valence-electron chi connectivity index (χ3n) is 0.784. The molecule has 2 nitrogen and oxygen atoms in total. The number of hydrogen-bond acceptors (Lipinski definition) is 2. The molecule has 0 spiro atoms. The van der Waals surface area contributed by atoms with Crippen molar-refractivity contribution >= 4 is 6.29 Å². The van der Waals surface area contributed by atoms with Crippen LogP contribution in [0.3, 0.4) is 0 Å². The van der Waals surface area contributed by atoms with E-state index in [1.807, 2.05) is 6.92 Å². The zero-order valence-corrected chi connectivity index (χ0v) is 5.89. The summed E-state index contributed by atoms with van der Waals surface area (Å²) >= 11 is 0. The van der Waals surface area contributed by atoms with Crippen LogP contribution in [0.4, 0.5) is 0 Å². The maximum absolute atomic E-state index is 9.96. The molecule has 0 radical (unpaired) electrons. The van der Waals surface area contributed by atoms with Crippen molar-refractivity contribution < 1.29 is 9.53 Å². The first kappa shape index (κ1) is 8.37. The molecule has 0 heterocycles. The predicted molar refractivity (Wildman–Crippen MR) is 36.3 cm³/mol. The van der Waals surface area contributed by atoms with Gasteiger partial charge in [0.05, 0.1) is 6.61 Å². The second-order valence-corrected chi connectivity index (χ2v) is 2.11. The van der Waals surface area contributed by atoms with E-state index in [4.69, 9.17) is 4.74 Å². The van der Waals surface area contributed by atoms with Crippen LogP contribution in [-0.4, -0.2) is 19.0 Å². The Morgan fingerprint density at radius 3 is 2.78 bits per heavy atom. The summed E-state index contributed by atoms with van der Waals surface area (Å²) in [6.45, 7) is 7.66. The standard InChI is InChI=1S/C7H12O2/c1-6(2)5-9-7(3)4-8/h4,7H,1,5H2,2-3H3. The molecule has 0 aliphatic heterocycles. The fraction of sp³-hybridized carbons (Fsp3) is 0.571. The molecule has 9 heavy (non-hydrogen) atoms. The molecule has 0 bridgehead atoms. The van der Waals surface area contributed by atoms with Gasteiger partial charge in [-0.3, -0.25) is 0 Å². The van der Waals surface area contributed by atoms with Crippen LogP contribution in [-0.2, 0) is 9.53 Å². The molecule has 0 amide bonds. The zero-order chi connectivity index (χ0) is 7.28. The van der Waals surface area contributed by atoms with Gasteiger partial charge in [0.2, 0.25) is 0 Å². The Morgan fingerprint density at radius 1 is 1.89 bits per heavy atom. The van der Waals surface area contributed by atoms with Gasteiger partial charge in [0, 0.05) is 0 Å². The van der Waals surface area contributed by atoms with Crippen molar-refractivity contribution in [3.05, 3.63) is 12.2 Å². The van der Waals surface area contributed by atoms with Crippen molar-refractivity contribution in [2.45, 2.75) is 20.0 Å². The number of ether oxygens (including phenoxy) is 1. The summed E-state index contributed by atoms with van der Waals surface area (Å²) in [5.74, 6) is 0. The van der Waals surface area contributed by atoms with Gasteiger partial charge in [-0.25, -0.2) is 0 Å². The third kappa shape index (κ3) is 5.24. The van der Waals surface area contributed by atoms with Crippen molar-refractivity contribution in [2.24, 2.45) is 0 Å². The quantitative estimate of drug-likeness (QED) is 0.419. The molecule has 52 valence electrons. The number of carbonyl (C=O) groups is 1. The van der Waals surface area contributed by atoms with E-state index in [0.29, 0.717) is 6.61 Å². The van der Waals surface area contributed by atoms with Crippen LogP contribution < -0.4 is 0 Å². The average molecular weight is 128 g/mol. The van der Waals surface area contributed by atoms with Gasteiger partial charge in [-0.05, 0) is 13.8 Å². The van der Waals surface area contributed by atoms with Crippen LogP contribution in [0, 0.1) is 0 Å². The molecule has 0 aliphatic rings. The van der Waals surface area contributed by atoms with E-state index < -0.39 is 0 Å². The average Bonchev–Trinajstić information content (AvgIpc) is 1.83. The minimum atomic E-state index is -0.304. The van der Waals surface area contributed by atoms with E-state index >= 15 is 0 Å². The van der Waals surface area contributed by atoms with Gasteiger partial charge in [0.15, 0.2) is 0 Å². The van der Waals surface area contributed by atoms with Crippen molar-refractivity contribution in [3.63, 3.8) is 0 Å². The summed E-state index contributed by atoms with van der Waals surface area (Å²) in [7, 11) is 0. The maximum atomic E-state index is 9.96. The predicted octanol–water partition coefficient (Wildman–Crippen LogP) is 1.17. The van der Waals surface area contributed by atoms with Crippen molar-refractivity contribution in [2.75, 3.05) is 6.61 Å². The molecule has 1 unspecified atom stereocenters. The maximum Gasteiger partial charge on any atom is 0.148 e. The summed E-state index contributed by atoms with van der Waals surface area (Å²) in [6, 6.07) is 0. The minimum absolute atomic E-state index is 0.304. The van der Waals surface area contributed by atoms with Crippen LogP contribution in [0.2, 0.25) is 0 Å². The molecule has 0 N–H and O–H groups in total. The van der Waals surface area contributed by atoms with Gasteiger partial charge in [-0.15, -0.1) is 0 Å². The van der Waals surface area contributed by atoms with Crippen LogP contribution in [0.5, 0.6) is 0 Å². The summed E-state index contributed by atoms with van der Waals surface area (Å²) in [6.07, 6.45) is 0.463. The Balaban J connectivity index is 3.26. The monoisotopic (exact) mass is 128 g/mol. The van der Waals surface area contributed by atoms with Crippen molar-refractivity contribution in [1.82, 2.24) is 0 Å². The first-order valence-electron chi connectivity index (χ1n) is 2.88. The Bertz CT molecular complexity index is 107. The lowest BCUT2D eigenvalue weighted by atomic mass is 10.4. The van der Waals surface area contributed by atoms with E-state index in [1.54, 1.807) is 6.92 Å². The molecule has 0 saturated heterocycles. The highest BCUT2D eigenvalue weighted by atomic mass is 16.5. The SMILES string of the molecule is C=C(C)COC(C)C=O. The minimum Gasteiger partial charge on any atom is -0.367 e. The second kappa shape index (κ2) is 4.27. The van der Waals surface area contributed by atoms with Gasteiger partial charge >= 0.3 is 0 Å². The van der Waals surface area contributed by atoms with E-state index in [1.165, 1.54) is 0 Å². The van der Waals surface area contributed by atoms with Gasteiger partial charge in [-0.2, -0.15) is 0 Å². The Hall–Kier alpha value is -0.630. The highest BCUT2D eigenvalue weighted by Gasteiger charge is 1.96. The smallest absolute Gasteiger partial charge is 0.148 e. The number of aldehydes is 1. The molecule has 0 aliphatic carbocycles. The number of rotatable bonds is 4. The lowest BCUT2D eigenvalue weighted by molar-refractivity contribution is -0.116. The molecule has 0 rings (SSSR count). The summed E-state index contributed by atoms with van der Waals surface area (Å²) in [4.78, 5) is 9.96. The topological polar surface area (TPSA) is 26.3 Å². The van der Waals surface area contributed by atoms with Crippen molar-refractivity contribution in [1.29, 1.82) is 0 Å². The number of carbonyl (C=O) groups excluding carboxylic acids is 1. The lowest BCUT2D eigenvalue weighted by Crippen LogP contribution is -2.10. The fourth-order valence-electron chi connectivity index (χ4n) is 0.313. The van der Waals surface area contributed by atoms with E-state index in [9.17, 15) is 4.79 Å². The number of hydrogen-bond donors (Lipinski definition) is 0. The zero-order valence-electron chi connectivity index (χ0n) is 5.89. The molecule has 0 fully saturated rings. The molecule has 2 heteroatoms. The van der Waals surface area contributed by atoms with Gasteiger partial charge in [-0.1, -0.05) is 12.2 Å². The largest absolute Gasteiger partial charge is 0.367 e. The van der Waals surface area contributed by atoms with E-state index in [2.05, 4.69) is 6.58 Å². The Kier molecular flexibility index (Phi) is 3.97. The first-order valence-corrected chi connectivity index (χ1v) is 2.88. The fourth-order valence-corrected chi connectivity index (χ4v) is 0.313. The summed E-state index contributed by atoms with van der Waals surface area (Å²) < 4.78 is 4.98. The molecule has 1 atom stereocenters. The van der Waals surface area contributed by atoms with Gasteiger partial charge in [0.25, 0.3) is 0 Å². The molecule has 0 saturated carbocycles. The molecular weight excluding hydrogens is 116 g/mol. The van der Waals surface area contributed by atoms with E-state index in [-0.39, 0.29) is 6.10 Å². The highest BCUT2D eigenvalue weighted by molar-refractivity contribution is 5.55. The normalized spacial score (nSPS) is 12.7. The molecule has 0 aromatic carbocycles. The summed E-state index contributed by atoms with van der Waals surface area (Å²) in [5.41, 5.74) is 0.934. The van der Waals surface area contributed by atoms with Gasteiger partial charge in [0.1, 0.15) is 12.4 Å². The van der Waals surface area contributed by atoms with Crippen LogP contribution in [0.15, 0.2) is 12.2 Å². The van der Waals surface area contributed by atoms with E-state index in [0.717, 1.165) is 11.9 Å². The first-order chi connectivity index (χ1) is 4.16. The Morgan fingerprint density at radius 2 is 2.44 bits per heavy atom. The van der Waals surface area contributed by atoms with Crippen LogP contribution >= 0.6 is 0 Å². The van der Waals surface area contributed by atoms with Crippen molar-refractivity contribution in [3.8, 4) is 0 Å². The molecule has 0 aromatic rings. The Labute approximate surface area is 55.5 Å². The highest BCUT2D eigenvalue weighted by Crippen LogP contribution is 1.91. The third-order valence-corrected chi connectivity index (χ3v) is 0.784. The second-order valence-electron chi connectivity index (χ2n) is 2.11. The molecule has 0 aromatic heterocycles. The van der Waals surface area contributed by atoms with Crippen LogP contribution in [0.1, 0.15) is 13.8 Å². The van der Waals surface area contributed by atoms with Gasteiger partial charge < -0.3 is 9.53 Å². The van der Waals surface area contributed by atoms with Crippen LogP contribution in [0.25, 0.3) is 0 Å². The lowest BCUT2D eigenvalue weighted by Gasteiger charge is -2.04.